The maximum Gasteiger partial charge on any atom is 0.281 e. The Morgan fingerprint density at radius 3 is 2.84 bits per heavy atom. The van der Waals surface area contributed by atoms with Gasteiger partial charge in [-0.05, 0) is 55.2 Å². The van der Waals surface area contributed by atoms with Crippen LogP contribution in [0.25, 0.3) is 0 Å². The number of hydrogen-bond donors (Lipinski definition) is 1. The molecule has 0 fully saturated rings. The highest BCUT2D eigenvalue weighted by Crippen LogP contribution is 2.26. The van der Waals surface area contributed by atoms with Crippen molar-refractivity contribution in [3.63, 3.8) is 0 Å². The van der Waals surface area contributed by atoms with Crippen molar-refractivity contribution in [3.8, 4) is 11.5 Å². The molecule has 1 unspecified atom stereocenters. The molecular weight excluding hydrogens is 416 g/mol. The van der Waals surface area contributed by atoms with Crippen LogP contribution in [0.4, 0.5) is 0 Å². The molecule has 0 saturated heterocycles. The first-order valence-corrected chi connectivity index (χ1v) is 10.3. The molecule has 4 rings (SSSR count). The molecule has 1 atom stereocenters. The van der Waals surface area contributed by atoms with Gasteiger partial charge in [0.25, 0.3) is 5.56 Å². The lowest BCUT2D eigenvalue weighted by Gasteiger charge is -2.23. The lowest BCUT2D eigenvalue weighted by molar-refractivity contribution is 0.0622. The van der Waals surface area contributed by atoms with Crippen molar-refractivity contribution in [1.82, 2.24) is 15.3 Å². The predicted octanol–water partition coefficient (Wildman–Crippen LogP) is 3.74. The van der Waals surface area contributed by atoms with E-state index in [1.54, 1.807) is 31.3 Å². The number of nitrogens with one attached hydrogen (secondary N) is 1. The van der Waals surface area contributed by atoms with Crippen molar-refractivity contribution in [2.45, 2.75) is 26.3 Å². The monoisotopic (exact) mass is 438 g/mol. The summed E-state index contributed by atoms with van der Waals surface area (Å²) in [5, 5.41) is 4.61. The molecule has 2 aromatic carbocycles. The number of halogens is 1. The van der Waals surface area contributed by atoms with Gasteiger partial charge in [-0.15, -0.1) is 0 Å². The van der Waals surface area contributed by atoms with E-state index in [9.17, 15) is 4.79 Å². The van der Waals surface area contributed by atoms with Crippen molar-refractivity contribution < 1.29 is 9.57 Å². The molecule has 0 saturated carbocycles. The van der Waals surface area contributed by atoms with Crippen LogP contribution in [0.5, 0.6) is 11.5 Å². The molecule has 0 amide bonds. The van der Waals surface area contributed by atoms with Crippen molar-refractivity contribution in [1.29, 1.82) is 0 Å². The van der Waals surface area contributed by atoms with Crippen molar-refractivity contribution in [2.75, 3.05) is 6.61 Å². The van der Waals surface area contributed by atoms with E-state index in [1.165, 1.54) is 27.6 Å². The van der Waals surface area contributed by atoms with Gasteiger partial charge >= 0.3 is 0 Å². The second kappa shape index (κ2) is 8.91. The molecule has 8 heteroatoms. The first-order chi connectivity index (χ1) is 14.9. The van der Waals surface area contributed by atoms with Gasteiger partial charge in [0.05, 0.1) is 18.8 Å². The fourth-order valence-electron chi connectivity index (χ4n) is 3.35. The number of hydroxylamine groups is 1. The van der Waals surface area contributed by atoms with Crippen LogP contribution in [0.2, 0.25) is 5.02 Å². The highest BCUT2D eigenvalue weighted by atomic mass is 35.5. The molecule has 31 heavy (non-hydrogen) atoms. The van der Waals surface area contributed by atoms with Gasteiger partial charge < -0.3 is 4.74 Å². The first-order valence-electron chi connectivity index (χ1n) is 9.92. The van der Waals surface area contributed by atoms with E-state index in [0.29, 0.717) is 29.6 Å². The molecule has 7 nitrogen and oxygen atoms in total. The van der Waals surface area contributed by atoms with Crippen LogP contribution >= 0.6 is 11.6 Å². The molecule has 1 N–H and O–H groups in total. The molecule has 0 bridgehead atoms. The summed E-state index contributed by atoms with van der Waals surface area (Å²) in [7, 11) is 1.58. The Kier molecular flexibility index (Phi) is 6.06. The van der Waals surface area contributed by atoms with Crippen LogP contribution in [-0.2, 0) is 18.3 Å². The maximum atomic E-state index is 12.9. The molecular formula is C23H23ClN4O3. The SMILES string of the molecule is Cc1ccc(CC2CONC(c3c(Oc4cccc(Cl)c4)cnn(C)c3=O)=N2)cc1C. The molecule has 0 aliphatic carbocycles. The quantitative estimate of drug-likeness (QED) is 0.656. The number of aryl methyl sites for hydroxylation is 3. The van der Waals surface area contributed by atoms with E-state index in [2.05, 4.69) is 42.6 Å². The average molecular weight is 439 g/mol. The number of nitrogens with zero attached hydrogens (tertiary/aromatic N) is 3. The summed E-state index contributed by atoms with van der Waals surface area (Å²) >= 11 is 6.06. The fraction of sp³-hybridized carbons (Fsp3) is 0.261. The van der Waals surface area contributed by atoms with Crippen LogP contribution in [-0.4, -0.2) is 28.3 Å². The Balaban J connectivity index is 1.67. The van der Waals surface area contributed by atoms with E-state index < -0.39 is 0 Å². The molecule has 3 aromatic rings. The first kappa shape index (κ1) is 21.1. The van der Waals surface area contributed by atoms with Gasteiger partial charge in [0.1, 0.15) is 11.3 Å². The maximum absolute atomic E-state index is 12.9. The molecule has 1 aliphatic rings. The topological polar surface area (TPSA) is 77.7 Å². The molecule has 0 radical (unpaired) electrons. The number of rotatable bonds is 5. The zero-order chi connectivity index (χ0) is 22.0. The minimum Gasteiger partial charge on any atom is -0.455 e. The summed E-state index contributed by atoms with van der Waals surface area (Å²) in [5.74, 6) is 1.08. The van der Waals surface area contributed by atoms with E-state index in [0.717, 1.165) is 0 Å². The minimum absolute atomic E-state index is 0.143. The van der Waals surface area contributed by atoms with Gasteiger partial charge in [-0.3, -0.25) is 14.6 Å². The lowest BCUT2D eigenvalue weighted by Crippen LogP contribution is -2.40. The smallest absolute Gasteiger partial charge is 0.281 e. The van der Waals surface area contributed by atoms with Gasteiger partial charge in [0, 0.05) is 12.1 Å². The standard InChI is InChI=1S/C23H23ClN4O3/c1-14-7-8-16(9-15(14)2)10-18-13-30-27-22(26-18)21-20(12-25-28(3)23(21)29)31-19-6-4-5-17(24)11-19/h4-9,11-12,18H,10,13H2,1-3H3,(H,26,27). The Morgan fingerprint density at radius 2 is 2.06 bits per heavy atom. The van der Waals surface area contributed by atoms with Crippen molar-refractivity contribution in [2.24, 2.45) is 12.0 Å². The summed E-state index contributed by atoms with van der Waals surface area (Å²) in [6.45, 7) is 4.57. The van der Waals surface area contributed by atoms with E-state index in [1.807, 2.05) is 0 Å². The molecule has 2 heterocycles. The zero-order valence-corrected chi connectivity index (χ0v) is 18.3. The Hall–Kier alpha value is -3.16. The van der Waals surface area contributed by atoms with E-state index >= 15 is 0 Å². The van der Waals surface area contributed by atoms with Gasteiger partial charge in [-0.25, -0.2) is 10.2 Å². The Morgan fingerprint density at radius 1 is 1.23 bits per heavy atom. The minimum atomic E-state index is -0.346. The largest absolute Gasteiger partial charge is 0.455 e. The number of aliphatic imine (C=N–C) groups is 1. The zero-order valence-electron chi connectivity index (χ0n) is 17.6. The summed E-state index contributed by atoms with van der Waals surface area (Å²) in [4.78, 5) is 23.2. The third-order valence-corrected chi connectivity index (χ3v) is 5.40. The van der Waals surface area contributed by atoms with Gasteiger partial charge in [0.15, 0.2) is 11.6 Å². The normalized spacial score (nSPS) is 15.9. The number of aromatic nitrogens is 2. The van der Waals surface area contributed by atoms with Gasteiger partial charge in [0.2, 0.25) is 0 Å². The third kappa shape index (κ3) is 4.78. The number of ether oxygens (including phenoxy) is 1. The number of hydrogen-bond acceptors (Lipinski definition) is 6. The highest BCUT2D eigenvalue weighted by Gasteiger charge is 2.24. The van der Waals surface area contributed by atoms with Gasteiger partial charge in [-0.2, -0.15) is 5.10 Å². The molecule has 160 valence electrons. The highest BCUT2D eigenvalue weighted by molar-refractivity contribution is 6.30. The summed E-state index contributed by atoms with van der Waals surface area (Å²) in [5.41, 5.74) is 6.33. The van der Waals surface area contributed by atoms with E-state index in [4.69, 9.17) is 26.2 Å². The second-order valence-corrected chi connectivity index (χ2v) is 7.98. The van der Waals surface area contributed by atoms with Crippen LogP contribution < -0.4 is 15.8 Å². The Labute approximate surface area is 185 Å². The van der Waals surface area contributed by atoms with Crippen molar-refractivity contribution in [3.05, 3.63) is 86.3 Å². The summed E-state index contributed by atoms with van der Waals surface area (Å²) in [6.07, 6.45) is 2.18. The summed E-state index contributed by atoms with van der Waals surface area (Å²) < 4.78 is 7.16. The van der Waals surface area contributed by atoms with Crippen LogP contribution in [0.15, 0.2) is 58.4 Å². The molecule has 0 spiro atoms. The van der Waals surface area contributed by atoms with E-state index in [-0.39, 0.29) is 22.9 Å². The predicted molar refractivity (Wildman–Crippen MR) is 120 cm³/mol. The summed E-state index contributed by atoms with van der Waals surface area (Å²) in [6, 6.07) is 13.1. The van der Waals surface area contributed by atoms with Crippen molar-refractivity contribution >= 4 is 17.4 Å². The van der Waals surface area contributed by atoms with Crippen LogP contribution in [0.3, 0.4) is 0 Å². The lowest BCUT2D eigenvalue weighted by atomic mass is 10.0. The van der Waals surface area contributed by atoms with Gasteiger partial charge in [-0.1, -0.05) is 35.9 Å². The number of benzene rings is 2. The Bertz CT molecular complexity index is 1210. The molecule has 1 aromatic heterocycles. The van der Waals surface area contributed by atoms with Crippen LogP contribution in [0, 0.1) is 13.8 Å². The fourth-order valence-corrected chi connectivity index (χ4v) is 3.53. The third-order valence-electron chi connectivity index (χ3n) is 5.16. The van der Waals surface area contributed by atoms with Crippen LogP contribution in [0.1, 0.15) is 22.3 Å². The second-order valence-electron chi connectivity index (χ2n) is 7.54. The molecule has 1 aliphatic heterocycles. The number of amidine groups is 1. The average Bonchev–Trinajstić information content (AvgIpc) is 2.74.